The van der Waals surface area contributed by atoms with E-state index in [0.29, 0.717) is 32.6 Å². The molecular formula is C25H22N2O6S. The van der Waals surface area contributed by atoms with Gasteiger partial charge < -0.3 is 14.6 Å². The van der Waals surface area contributed by atoms with Crippen LogP contribution >= 0.6 is 11.3 Å². The van der Waals surface area contributed by atoms with Gasteiger partial charge in [-0.3, -0.25) is 14.5 Å². The maximum Gasteiger partial charge on any atom is 0.337 e. The first kappa shape index (κ1) is 23.2. The maximum absolute atomic E-state index is 13.6. The highest BCUT2D eigenvalue weighted by Crippen LogP contribution is 2.43. The van der Waals surface area contributed by atoms with Crippen molar-refractivity contribution in [3.05, 3.63) is 86.6 Å². The number of Topliss-reactive ketones (excluding diaryl/α,β-unsaturated/α-hetero) is 1. The minimum atomic E-state index is -0.930. The van der Waals surface area contributed by atoms with Crippen LogP contribution in [0.3, 0.4) is 0 Å². The minimum absolute atomic E-state index is 0.0506. The van der Waals surface area contributed by atoms with Crippen LogP contribution in [0, 0.1) is 13.8 Å². The molecule has 0 radical (unpaired) electrons. The summed E-state index contributed by atoms with van der Waals surface area (Å²) < 4.78 is 10.0. The van der Waals surface area contributed by atoms with Crippen LogP contribution in [0.15, 0.2) is 59.9 Å². The largest absolute Gasteiger partial charge is 0.503 e. The fraction of sp³-hybridized carbons (Fsp3) is 0.200. The third-order valence-electron chi connectivity index (χ3n) is 5.54. The van der Waals surface area contributed by atoms with Crippen molar-refractivity contribution >= 4 is 34.7 Å². The zero-order valence-corrected chi connectivity index (χ0v) is 19.8. The number of benzene rings is 2. The van der Waals surface area contributed by atoms with Gasteiger partial charge in [-0.1, -0.05) is 18.2 Å². The highest BCUT2D eigenvalue weighted by molar-refractivity contribution is 7.14. The summed E-state index contributed by atoms with van der Waals surface area (Å²) in [7, 11) is 2.80. The molecule has 1 N–H and O–H groups in total. The number of amides is 1. The number of ketones is 1. The third kappa shape index (κ3) is 3.94. The first-order valence-electron chi connectivity index (χ1n) is 10.3. The molecule has 0 aliphatic carbocycles. The summed E-state index contributed by atoms with van der Waals surface area (Å²) in [6.45, 7) is 3.50. The number of aromatic nitrogens is 1. The van der Waals surface area contributed by atoms with Crippen LogP contribution < -0.4 is 9.64 Å². The summed E-state index contributed by atoms with van der Waals surface area (Å²) in [5.74, 6) is -1.83. The summed E-state index contributed by atoms with van der Waals surface area (Å²) in [5, 5.41) is 11.6. The highest BCUT2D eigenvalue weighted by atomic mass is 32.1. The van der Waals surface area contributed by atoms with Crippen LogP contribution in [0.1, 0.15) is 42.3 Å². The van der Waals surface area contributed by atoms with Crippen molar-refractivity contribution in [2.75, 3.05) is 19.1 Å². The summed E-state index contributed by atoms with van der Waals surface area (Å²) in [4.78, 5) is 45.0. The monoisotopic (exact) mass is 478 g/mol. The number of hydrogen-bond donors (Lipinski definition) is 1. The van der Waals surface area contributed by atoms with Gasteiger partial charge in [-0.25, -0.2) is 9.78 Å². The second-order valence-corrected chi connectivity index (χ2v) is 8.83. The van der Waals surface area contributed by atoms with Crippen molar-refractivity contribution in [2.45, 2.75) is 19.9 Å². The number of carbonyl (C=O) groups is 3. The number of carbonyl (C=O) groups excluding carboxylic acids is 3. The number of methoxy groups -OCH3 is 2. The molecule has 3 aromatic rings. The molecule has 2 aromatic carbocycles. The van der Waals surface area contributed by atoms with Crippen LogP contribution in [0.2, 0.25) is 0 Å². The first-order valence-corrected chi connectivity index (χ1v) is 11.2. The lowest BCUT2D eigenvalue weighted by Crippen LogP contribution is -2.31. The molecule has 2 heterocycles. The van der Waals surface area contributed by atoms with Crippen LogP contribution in [0.5, 0.6) is 5.75 Å². The van der Waals surface area contributed by atoms with Crippen molar-refractivity contribution in [1.82, 2.24) is 4.98 Å². The second-order valence-electron chi connectivity index (χ2n) is 7.63. The lowest BCUT2D eigenvalue weighted by atomic mass is 9.94. The molecule has 4 rings (SSSR count). The van der Waals surface area contributed by atoms with E-state index in [4.69, 9.17) is 9.47 Å². The van der Waals surface area contributed by atoms with Crippen LogP contribution in [0.4, 0.5) is 5.69 Å². The molecule has 1 aliphatic rings. The van der Waals surface area contributed by atoms with Crippen LogP contribution in [-0.4, -0.2) is 42.0 Å². The predicted molar refractivity (Wildman–Crippen MR) is 127 cm³/mol. The first-order chi connectivity index (χ1) is 16.3. The molecular weight excluding hydrogens is 456 g/mol. The Morgan fingerprint density at radius 3 is 2.38 bits per heavy atom. The van der Waals surface area contributed by atoms with Gasteiger partial charge in [-0.05, 0) is 49.7 Å². The number of hydrogen-bond acceptors (Lipinski definition) is 8. The second kappa shape index (κ2) is 9.11. The molecule has 174 valence electrons. The number of thiazole rings is 1. The zero-order valence-electron chi connectivity index (χ0n) is 19.0. The number of aryl methyl sites for hydroxylation is 2. The van der Waals surface area contributed by atoms with Crippen molar-refractivity contribution in [3.8, 4) is 5.75 Å². The summed E-state index contributed by atoms with van der Waals surface area (Å²) in [6, 6.07) is 12.2. The van der Waals surface area contributed by atoms with E-state index in [-0.39, 0.29) is 11.1 Å². The van der Waals surface area contributed by atoms with Gasteiger partial charge in [0.15, 0.2) is 5.76 Å². The van der Waals surface area contributed by atoms with E-state index < -0.39 is 29.5 Å². The Labute approximate surface area is 200 Å². The average molecular weight is 479 g/mol. The average Bonchev–Trinajstić information content (AvgIpc) is 3.33. The number of ether oxygens (including phenoxy) is 2. The number of anilines is 1. The van der Waals surface area contributed by atoms with Gasteiger partial charge in [0.2, 0.25) is 5.78 Å². The Morgan fingerprint density at radius 1 is 1.09 bits per heavy atom. The van der Waals surface area contributed by atoms with E-state index in [9.17, 15) is 19.5 Å². The molecule has 0 fully saturated rings. The molecule has 8 nitrogen and oxygen atoms in total. The topological polar surface area (TPSA) is 106 Å². The van der Waals surface area contributed by atoms with Gasteiger partial charge in [0.25, 0.3) is 5.91 Å². The maximum atomic E-state index is 13.6. The summed E-state index contributed by atoms with van der Waals surface area (Å²) in [5.41, 5.74) is 1.63. The Balaban J connectivity index is 1.88. The molecule has 0 saturated carbocycles. The Kier molecular flexibility index (Phi) is 6.21. The van der Waals surface area contributed by atoms with Crippen molar-refractivity contribution in [3.63, 3.8) is 0 Å². The van der Waals surface area contributed by atoms with Gasteiger partial charge in [0.1, 0.15) is 5.75 Å². The number of aliphatic hydroxyl groups is 1. The van der Waals surface area contributed by atoms with Gasteiger partial charge in [-0.2, -0.15) is 0 Å². The van der Waals surface area contributed by atoms with E-state index in [0.717, 1.165) is 0 Å². The molecule has 1 aromatic heterocycles. The van der Waals surface area contributed by atoms with E-state index >= 15 is 0 Å². The molecule has 1 aliphatic heterocycles. The van der Waals surface area contributed by atoms with E-state index in [1.54, 1.807) is 56.3 Å². The van der Waals surface area contributed by atoms with Crippen molar-refractivity contribution < 1.29 is 29.0 Å². The number of nitrogens with zero attached hydrogens (tertiary/aromatic N) is 2. The third-order valence-corrected chi connectivity index (χ3v) is 6.61. The number of aliphatic hydroxyl groups excluding tert-OH is 1. The van der Waals surface area contributed by atoms with Crippen molar-refractivity contribution in [2.24, 2.45) is 0 Å². The molecule has 9 heteroatoms. The minimum Gasteiger partial charge on any atom is -0.503 e. The lowest BCUT2D eigenvalue weighted by Gasteiger charge is -2.27. The standard InChI is InChI=1S/C25H22N2O6S/c1-13-23(34-14(2)26-13)21(28)19-20(15-8-10-18(32-3)11-9-15)27(24(30)22(19)29)17-7-5-6-16(12-17)25(31)33-4/h5-12,20,29H,1-4H3. The number of esters is 1. The van der Waals surface area contributed by atoms with Crippen LogP contribution in [-0.2, 0) is 9.53 Å². The molecule has 0 bridgehead atoms. The Morgan fingerprint density at radius 2 is 1.79 bits per heavy atom. The fourth-order valence-corrected chi connectivity index (χ4v) is 4.84. The Bertz CT molecular complexity index is 1330. The molecule has 1 amide bonds. The normalized spacial score (nSPS) is 15.6. The Hall–Kier alpha value is -3.98. The lowest BCUT2D eigenvalue weighted by molar-refractivity contribution is -0.117. The molecule has 34 heavy (non-hydrogen) atoms. The van der Waals surface area contributed by atoms with Gasteiger partial charge in [0, 0.05) is 5.69 Å². The van der Waals surface area contributed by atoms with Crippen LogP contribution in [0.25, 0.3) is 0 Å². The summed E-state index contributed by atoms with van der Waals surface area (Å²) >= 11 is 1.21. The van der Waals surface area contributed by atoms with Crippen molar-refractivity contribution in [1.29, 1.82) is 0 Å². The number of rotatable bonds is 6. The summed E-state index contributed by atoms with van der Waals surface area (Å²) in [6.07, 6.45) is 0. The van der Waals surface area contributed by atoms with E-state index in [2.05, 4.69) is 4.98 Å². The molecule has 0 spiro atoms. The molecule has 1 unspecified atom stereocenters. The van der Waals surface area contributed by atoms with Gasteiger partial charge >= 0.3 is 5.97 Å². The van der Waals surface area contributed by atoms with Gasteiger partial charge in [-0.15, -0.1) is 11.3 Å². The molecule has 0 saturated heterocycles. The smallest absolute Gasteiger partial charge is 0.337 e. The van der Waals surface area contributed by atoms with Gasteiger partial charge in [0.05, 0.1) is 47.0 Å². The highest BCUT2D eigenvalue weighted by Gasteiger charge is 2.45. The van der Waals surface area contributed by atoms with E-state index in [1.165, 1.54) is 36.5 Å². The predicted octanol–water partition coefficient (Wildman–Crippen LogP) is 4.34. The van der Waals surface area contributed by atoms with E-state index in [1.807, 2.05) is 0 Å². The zero-order chi connectivity index (χ0) is 24.6. The quantitative estimate of drug-likeness (QED) is 0.415. The SMILES string of the molecule is COC(=O)c1cccc(N2C(=O)C(O)=C(C(=O)c3sc(C)nc3C)C2c2ccc(OC)cc2)c1. The molecule has 1 atom stereocenters. The fourth-order valence-electron chi connectivity index (χ4n) is 3.97.